The third-order valence-electron chi connectivity index (χ3n) is 7.51. The van der Waals surface area contributed by atoms with E-state index in [9.17, 15) is 35.5 Å². The summed E-state index contributed by atoms with van der Waals surface area (Å²) in [5.41, 5.74) is -1.33. The molecule has 1 N–H and O–H groups in total. The molecule has 0 aliphatic carbocycles. The number of nitrogens with zero attached hydrogens (tertiary/aromatic N) is 1. The highest BCUT2D eigenvalue weighted by molar-refractivity contribution is 5.96. The molecule has 6 rings (SSSR count). The van der Waals surface area contributed by atoms with Gasteiger partial charge in [0.05, 0.1) is 29.5 Å². The highest BCUT2D eigenvalue weighted by atomic mass is 19.4. The van der Waals surface area contributed by atoms with Gasteiger partial charge in [-0.25, -0.2) is 4.39 Å². The summed E-state index contributed by atoms with van der Waals surface area (Å²) in [6, 6.07) is 13.2. The second-order valence-corrected chi connectivity index (χ2v) is 10.0. The molecule has 0 saturated carbocycles. The molecule has 0 bridgehead atoms. The maximum Gasteiger partial charge on any atom is 0.417 e. The standard InChI is InChI=1S/C31H21F7N2O3/c1-42-17-7-9-24-20(15-17)18-12-13-40(29(41)21-14-16(30(33,34)35)6-8-23(21)32)28(27(18)39-24)26-11-10-25(43-26)19-4-2-3-5-22(19)31(36,37)38/h2-11,14-15,28,39H,12-13H2,1H3/t28-/m1/s1. The minimum Gasteiger partial charge on any atom is -0.497 e. The van der Waals surface area contributed by atoms with Crippen LogP contribution < -0.4 is 4.74 Å². The summed E-state index contributed by atoms with van der Waals surface area (Å²) in [6.45, 7) is -0.0501. The highest BCUT2D eigenvalue weighted by Crippen LogP contribution is 2.43. The number of methoxy groups -OCH3 is 1. The minimum absolute atomic E-state index is 0.0344. The van der Waals surface area contributed by atoms with Gasteiger partial charge in [0.25, 0.3) is 5.91 Å². The number of carbonyl (C=O) groups is 1. The molecule has 12 heteroatoms. The lowest BCUT2D eigenvalue weighted by atomic mass is 9.94. The number of furan rings is 1. The zero-order chi connectivity index (χ0) is 30.7. The molecular formula is C31H21F7N2O3. The van der Waals surface area contributed by atoms with Crippen LogP contribution >= 0.6 is 0 Å². The van der Waals surface area contributed by atoms with Gasteiger partial charge in [-0.1, -0.05) is 18.2 Å². The fraction of sp³-hybridized carbons (Fsp3) is 0.194. The van der Waals surface area contributed by atoms with Crippen molar-refractivity contribution in [1.29, 1.82) is 0 Å². The Balaban J connectivity index is 1.51. The average Bonchev–Trinajstić information content (AvgIpc) is 3.60. The molecule has 0 spiro atoms. The number of benzene rings is 3. The van der Waals surface area contributed by atoms with E-state index < -0.39 is 46.8 Å². The van der Waals surface area contributed by atoms with Crippen LogP contribution in [-0.4, -0.2) is 29.4 Å². The fourth-order valence-corrected chi connectivity index (χ4v) is 5.52. The average molecular weight is 603 g/mol. The zero-order valence-electron chi connectivity index (χ0n) is 22.2. The summed E-state index contributed by atoms with van der Waals surface area (Å²) >= 11 is 0. The Labute approximate surface area is 239 Å². The van der Waals surface area contributed by atoms with Gasteiger partial charge in [-0.15, -0.1) is 0 Å². The van der Waals surface area contributed by atoms with Crippen molar-refractivity contribution in [3.63, 3.8) is 0 Å². The number of H-pyrrole nitrogens is 1. The van der Waals surface area contributed by atoms with Crippen LogP contribution in [0.4, 0.5) is 30.7 Å². The number of amides is 1. The maximum atomic E-state index is 14.9. The highest BCUT2D eigenvalue weighted by Gasteiger charge is 2.40. The Morgan fingerprint density at radius 2 is 1.72 bits per heavy atom. The number of aromatic amines is 1. The molecule has 5 aromatic rings. The van der Waals surface area contributed by atoms with E-state index in [1.54, 1.807) is 18.2 Å². The first-order chi connectivity index (χ1) is 20.4. The number of aromatic nitrogens is 1. The van der Waals surface area contributed by atoms with Crippen molar-refractivity contribution in [2.24, 2.45) is 0 Å². The second kappa shape index (κ2) is 10.2. The summed E-state index contributed by atoms with van der Waals surface area (Å²) in [7, 11) is 1.50. The molecule has 3 aromatic carbocycles. The fourth-order valence-electron chi connectivity index (χ4n) is 5.52. The van der Waals surface area contributed by atoms with Crippen molar-refractivity contribution < 1.29 is 44.7 Å². The molecule has 0 fully saturated rings. The normalized spacial score (nSPS) is 15.5. The third kappa shape index (κ3) is 5.00. The van der Waals surface area contributed by atoms with Crippen LogP contribution in [0.2, 0.25) is 0 Å². The van der Waals surface area contributed by atoms with Crippen LogP contribution in [0.1, 0.15) is 44.5 Å². The van der Waals surface area contributed by atoms with E-state index in [0.29, 0.717) is 35.2 Å². The van der Waals surface area contributed by atoms with Crippen LogP contribution in [0, 0.1) is 5.82 Å². The van der Waals surface area contributed by atoms with E-state index in [2.05, 4.69) is 4.98 Å². The van der Waals surface area contributed by atoms with Crippen LogP contribution in [0.3, 0.4) is 0 Å². The topological polar surface area (TPSA) is 58.5 Å². The van der Waals surface area contributed by atoms with E-state index in [0.717, 1.165) is 21.9 Å². The van der Waals surface area contributed by atoms with E-state index in [1.165, 1.54) is 37.4 Å². The Morgan fingerprint density at radius 1 is 0.953 bits per heavy atom. The van der Waals surface area contributed by atoms with Crippen LogP contribution in [-0.2, 0) is 18.8 Å². The van der Waals surface area contributed by atoms with Gasteiger partial charge in [0, 0.05) is 23.0 Å². The number of alkyl halides is 6. The van der Waals surface area contributed by atoms with Crippen molar-refractivity contribution in [3.05, 3.63) is 112 Å². The van der Waals surface area contributed by atoms with Gasteiger partial charge in [0.15, 0.2) is 0 Å². The quantitative estimate of drug-likeness (QED) is 0.210. The van der Waals surface area contributed by atoms with Gasteiger partial charge < -0.3 is 19.0 Å². The monoisotopic (exact) mass is 602 g/mol. The Morgan fingerprint density at radius 3 is 2.44 bits per heavy atom. The van der Waals surface area contributed by atoms with E-state index in [-0.39, 0.29) is 30.0 Å². The van der Waals surface area contributed by atoms with E-state index in [4.69, 9.17) is 9.15 Å². The van der Waals surface area contributed by atoms with Gasteiger partial charge in [-0.2, -0.15) is 26.3 Å². The Bertz CT molecular complexity index is 1850. The number of nitrogens with one attached hydrogen (secondary N) is 1. The summed E-state index contributed by atoms with van der Waals surface area (Å²) in [5.74, 6) is -1.73. The summed E-state index contributed by atoms with van der Waals surface area (Å²) in [4.78, 5) is 18.1. The van der Waals surface area contributed by atoms with Gasteiger partial charge >= 0.3 is 12.4 Å². The minimum atomic E-state index is -4.82. The SMILES string of the molecule is COc1ccc2[nH]c3c(c2c1)CCN(C(=O)c1cc(C(F)(F)F)ccc1F)[C@@H]3c1ccc(-c2ccccc2C(F)(F)F)o1. The van der Waals surface area contributed by atoms with Gasteiger partial charge in [0.1, 0.15) is 29.1 Å². The van der Waals surface area contributed by atoms with E-state index in [1.807, 2.05) is 0 Å². The predicted molar refractivity (Wildman–Crippen MR) is 142 cm³/mol. The largest absolute Gasteiger partial charge is 0.497 e. The van der Waals surface area contributed by atoms with Crippen LogP contribution in [0.5, 0.6) is 5.75 Å². The molecule has 222 valence electrons. The molecule has 0 radical (unpaired) electrons. The Kier molecular flexibility index (Phi) is 6.74. The molecule has 43 heavy (non-hydrogen) atoms. The van der Waals surface area contributed by atoms with Crippen molar-refractivity contribution in [3.8, 4) is 17.1 Å². The Hall–Kier alpha value is -4.74. The third-order valence-corrected chi connectivity index (χ3v) is 7.51. The lowest BCUT2D eigenvalue weighted by Crippen LogP contribution is -2.41. The number of carbonyl (C=O) groups excluding carboxylic acids is 1. The lowest BCUT2D eigenvalue weighted by Gasteiger charge is -2.35. The molecule has 0 unspecified atom stereocenters. The first-order valence-corrected chi connectivity index (χ1v) is 13.0. The van der Waals surface area contributed by atoms with Crippen LogP contribution in [0.15, 0.2) is 77.2 Å². The van der Waals surface area contributed by atoms with Crippen molar-refractivity contribution >= 4 is 16.8 Å². The summed E-state index contributed by atoms with van der Waals surface area (Å²) in [6.07, 6.45) is -9.26. The summed E-state index contributed by atoms with van der Waals surface area (Å²) < 4.78 is 108. The van der Waals surface area contributed by atoms with Gasteiger partial charge in [-0.3, -0.25) is 4.79 Å². The number of fused-ring (bicyclic) bond motifs is 3. The maximum absolute atomic E-state index is 14.9. The smallest absolute Gasteiger partial charge is 0.417 e. The number of halogens is 7. The van der Waals surface area contributed by atoms with Gasteiger partial charge in [0.2, 0.25) is 0 Å². The number of ether oxygens (including phenoxy) is 1. The molecule has 1 amide bonds. The van der Waals surface area contributed by atoms with E-state index >= 15 is 0 Å². The number of hydrogen-bond acceptors (Lipinski definition) is 3. The molecule has 0 saturated heterocycles. The zero-order valence-corrected chi connectivity index (χ0v) is 22.2. The van der Waals surface area contributed by atoms with Crippen molar-refractivity contribution in [1.82, 2.24) is 9.88 Å². The first kappa shape index (κ1) is 28.4. The lowest BCUT2D eigenvalue weighted by molar-refractivity contribution is -0.138. The molecular weight excluding hydrogens is 581 g/mol. The molecule has 5 nitrogen and oxygen atoms in total. The molecule has 3 heterocycles. The second-order valence-electron chi connectivity index (χ2n) is 10.0. The molecule has 1 atom stereocenters. The first-order valence-electron chi connectivity index (χ1n) is 13.0. The van der Waals surface area contributed by atoms with Crippen molar-refractivity contribution in [2.45, 2.75) is 24.8 Å². The molecule has 1 aliphatic rings. The molecule has 2 aromatic heterocycles. The van der Waals surface area contributed by atoms with Crippen LogP contribution in [0.25, 0.3) is 22.2 Å². The van der Waals surface area contributed by atoms with Crippen molar-refractivity contribution in [2.75, 3.05) is 13.7 Å². The number of hydrogen-bond donors (Lipinski definition) is 1. The summed E-state index contributed by atoms with van der Waals surface area (Å²) in [5, 5.41) is 0.755. The van der Waals surface area contributed by atoms with Gasteiger partial charge in [-0.05, 0) is 66.6 Å². The number of rotatable bonds is 4. The predicted octanol–water partition coefficient (Wildman–Crippen LogP) is 8.40. The molecule has 1 aliphatic heterocycles.